The van der Waals surface area contributed by atoms with Gasteiger partial charge in [-0.05, 0) is 42.2 Å². The maximum atomic E-state index is 14.6. The van der Waals surface area contributed by atoms with Gasteiger partial charge in [-0.15, -0.1) is 5.11 Å². The molecule has 32 heavy (non-hydrogen) atoms. The monoisotopic (exact) mass is 434 g/mol. The zero-order chi connectivity index (χ0) is 22.2. The maximum absolute atomic E-state index is 14.6. The highest BCUT2D eigenvalue weighted by atomic mass is 19.1. The van der Waals surface area contributed by atoms with Gasteiger partial charge in [0.1, 0.15) is 11.9 Å². The molecule has 5 rings (SSSR count). The summed E-state index contributed by atoms with van der Waals surface area (Å²) in [5.74, 6) is -0.986. The molecule has 0 bridgehead atoms. The first-order valence-corrected chi connectivity index (χ1v) is 10.9. The number of piperazine rings is 1. The minimum absolute atomic E-state index is 0.0154. The van der Waals surface area contributed by atoms with Crippen molar-refractivity contribution in [1.29, 1.82) is 0 Å². The van der Waals surface area contributed by atoms with Gasteiger partial charge >= 0.3 is 0 Å². The van der Waals surface area contributed by atoms with Gasteiger partial charge in [-0.25, -0.2) is 4.39 Å². The van der Waals surface area contributed by atoms with Gasteiger partial charge in [0, 0.05) is 44.1 Å². The van der Waals surface area contributed by atoms with Crippen molar-refractivity contribution in [2.45, 2.75) is 25.3 Å². The first kappa shape index (κ1) is 20.5. The van der Waals surface area contributed by atoms with Crippen LogP contribution in [0.5, 0.6) is 0 Å². The molecule has 1 atom stereocenters. The van der Waals surface area contributed by atoms with E-state index in [0.29, 0.717) is 38.2 Å². The fourth-order valence-electron chi connectivity index (χ4n) is 4.35. The SMILES string of the molecule is O=C1N=NC(Cc2ccc(F)c(C(=O)N3CCN(C(=O)C4CC4)CC3)c2)c2ccccc21. The average molecular weight is 434 g/mol. The Morgan fingerprint density at radius 1 is 1.00 bits per heavy atom. The van der Waals surface area contributed by atoms with Crippen LogP contribution >= 0.6 is 0 Å². The highest BCUT2D eigenvalue weighted by Gasteiger charge is 2.35. The number of carbonyl (C=O) groups excluding carboxylic acids is 3. The van der Waals surface area contributed by atoms with Crippen molar-refractivity contribution in [1.82, 2.24) is 9.80 Å². The van der Waals surface area contributed by atoms with E-state index in [-0.39, 0.29) is 35.2 Å². The number of fused-ring (bicyclic) bond motifs is 1. The van der Waals surface area contributed by atoms with Gasteiger partial charge in [-0.3, -0.25) is 14.4 Å². The first-order chi connectivity index (χ1) is 15.5. The molecule has 8 heteroatoms. The normalized spacial score (nSPS) is 20.3. The largest absolute Gasteiger partial charge is 0.339 e. The van der Waals surface area contributed by atoms with Crippen LogP contribution in [0.25, 0.3) is 0 Å². The Hall–Kier alpha value is -3.42. The molecule has 1 saturated heterocycles. The van der Waals surface area contributed by atoms with Crippen LogP contribution in [0.4, 0.5) is 4.39 Å². The van der Waals surface area contributed by atoms with E-state index < -0.39 is 5.82 Å². The number of halogens is 1. The summed E-state index contributed by atoms with van der Waals surface area (Å²) in [5, 5.41) is 7.87. The summed E-state index contributed by atoms with van der Waals surface area (Å²) in [6.45, 7) is 1.76. The van der Waals surface area contributed by atoms with E-state index in [2.05, 4.69) is 10.2 Å². The van der Waals surface area contributed by atoms with Crippen LogP contribution in [0, 0.1) is 11.7 Å². The number of rotatable bonds is 4. The molecule has 2 aliphatic heterocycles. The number of amides is 3. The molecule has 0 radical (unpaired) electrons. The number of carbonyl (C=O) groups is 3. The van der Waals surface area contributed by atoms with Crippen LogP contribution in [-0.4, -0.2) is 53.7 Å². The van der Waals surface area contributed by atoms with Crippen LogP contribution in [0.15, 0.2) is 52.7 Å². The van der Waals surface area contributed by atoms with Crippen molar-refractivity contribution in [2.24, 2.45) is 16.1 Å². The molecule has 7 nitrogen and oxygen atoms in total. The van der Waals surface area contributed by atoms with Crippen molar-refractivity contribution in [2.75, 3.05) is 26.2 Å². The lowest BCUT2D eigenvalue weighted by Gasteiger charge is -2.35. The van der Waals surface area contributed by atoms with Crippen molar-refractivity contribution < 1.29 is 18.8 Å². The van der Waals surface area contributed by atoms with Crippen LogP contribution in [0.1, 0.15) is 50.7 Å². The fraction of sp³-hybridized carbons (Fsp3) is 0.375. The molecule has 1 saturated carbocycles. The predicted molar refractivity (Wildman–Crippen MR) is 114 cm³/mol. The summed E-state index contributed by atoms with van der Waals surface area (Å²) >= 11 is 0. The molecule has 3 amide bonds. The molecule has 1 aliphatic carbocycles. The third-order valence-corrected chi connectivity index (χ3v) is 6.33. The molecule has 3 aliphatic rings. The topological polar surface area (TPSA) is 82.4 Å². The lowest BCUT2D eigenvalue weighted by atomic mass is 9.93. The third-order valence-electron chi connectivity index (χ3n) is 6.33. The Morgan fingerprint density at radius 2 is 1.72 bits per heavy atom. The molecule has 0 aromatic heterocycles. The van der Waals surface area contributed by atoms with E-state index in [9.17, 15) is 18.8 Å². The van der Waals surface area contributed by atoms with Crippen LogP contribution in [0.2, 0.25) is 0 Å². The van der Waals surface area contributed by atoms with Crippen molar-refractivity contribution in [3.8, 4) is 0 Å². The second kappa shape index (κ2) is 8.26. The van der Waals surface area contributed by atoms with E-state index in [1.165, 1.54) is 6.07 Å². The van der Waals surface area contributed by atoms with Crippen LogP contribution < -0.4 is 0 Å². The maximum Gasteiger partial charge on any atom is 0.295 e. The molecular weight excluding hydrogens is 411 g/mol. The Balaban J connectivity index is 1.30. The van der Waals surface area contributed by atoms with E-state index >= 15 is 0 Å². The third kappa shape index (κ3) is 3.92. The average Bonchev–Trinajstić information content (AvgIpc) is 3.67. The lowest BCUT2D eigenvalue weighted by molar-refractivity contribution is -0.134. The molecule has 164 valence electrons. The summed E-state index contributed by atoms with van der Waals surface area (Å²) in [6, 6.07) is 11.3. The minimum Gasteiger partial charge on any atom is -0.339 e. The summed E-state index contributed by atoms with van der Waals surface area (Å²) in [4.78, 5) is 40.6. The Morgan fingerprint density at radius 3 is 2.47 bits per heavy atom. The second-order valence-corrected chi connectivity index (χ2v) is 8.53. The molecule has 2 fully saturated rings. The molecule has 1 unspecified atom stereocenters. The molecular formula is C24H23FN4O3. The van der Waals surface area contributed by atoms with Gasteiger partial charge in [0.25, 0.3) is 11.8 Å². The molecule has 0 spiro atoms. The standard InChI is InChI=1S/C24H23FN4O3/c25-20-8-5-15(14-21-17-3-1-2-4-18(17)22(30)27-26-21)13-19(20)24(32)29-11-9-28(10-12-29)23(31)16-6-7-16/h1-5,8,13,16,21H,6-7,9-12,14H2. The zero-order valence-electron chi connectivity index (χ0n) is 17.5. The Bertz CT molecular complexity index is 1120. The highest BCUT2D eigenvalue weighted by Crippen LogP contribution is 2.32. The van der Waals surface area contributed by atoms with Gasteiger partial charge in [-0.1, -0.05) is 24.3 Å². The summed E-state index contributed by atoms with van der Waals surface area (Å²) < 4.78 is 14.6. The van der Waals surface area contributed by atoms with Gasteiger partial charge in [0.2, 0.25) is 5.91 Å². The number of hydrogen-bond acceptors (Lipinski definition) is 4. The zero-order valence-corrected chi connectivity index (χ0v) is 17.5. The van der Waals surface area contributed by atoms with Crippen molar-refractivity contribution in [3.05, 3.63) is 70.5 Å². The highest BCUT2D eigenvalue weighted by molar-refractivity contribution is 5.97. The summed E-state index contributed by atoms with van der Waals surface area (Å²) in [6.07, 6.45) is 2.31. The van der Waals surface area contributed by atoms with Crippen molar-refractivity contribution >= 4 is 17.7 Å². The summed E-state index contributed by atoms with van der Waals surface area (Å²) in [5.41, 5.74) is 2.05. The summed E-state index contributed by atoms with van der Waals surface area (Å²) in [7, 11) is 0. The minimum atomic E-state index is -0.573. The van der Waals surface area contributed by atoms with Crippen LogP contribution in [-0.2, 0) is 11.2 Å². The van der Waals surface area contributed by atoms with E-state index in [4.69, 9.17) is 0 Å². The van der Waals surface area contributed by atoms with E-state index in [1.807, 2.05) is 12.1 Å². The Kier molecular flexibility index (Phi) is 5.28. The van der Waals surface area contributed by atoms with Gasteiger partial charge in [0.05, 0.1) is 5.56 Å². The van der Waals surface area contributed by atoms with Crippen molar-refractivity contribution in [3.63, 3.8) is 0 Å². The van der Waals surface area contributed by atoms with Gasteiger partial charge < -0.3 is 9.80 Å². The van der Waals surface area contributed by atoms with E-state index in [1.54, 1.807) is 34.1 Å². The second-order valence-electron chi connectivity index (χ2n) is 8.53. The number of nitrogens with zero attached hydrogens (tertiary/aromatic N) is 4. The number of hydrogen-bond donors (Lipinski definition) is 0. The fourth-order valence-corrected chi connectivity index (χ4v) is 4.35. The Labute approximate surface area is 184 Å². The number of benzene rings is 2. The quantitative estimate of drug-likeness (QED) is 0.739. The van der Waals surface area contributed by atoms with Gasteiger partial charge in [0.15, 0.2) is 0 Å². The molecule has 2 aromatic rings. The number of azo groups is 1. The van der Waals surface area contributed by atoms with E-state index in [0.717, 1.165) is 24.0 Å². The molecule has 0 N–H and O–H groups in total. The molecule has 2 aromatic carbocycles. The van der Waals surface area contributed by atoms with Crippen LogP contribution in [0.3, 0.4) is 0 Å². The predicted octanol–water partition coefficient (Wildman–Crippen LogP) is 3.41. The smallest absolute Gasteiger partial charge is 0.295 e. The lowest BCUT2D eigenvalue weighted by Crippen LogP contribution is -2.51. The first-order valence-electron chi connectivity index (χ1n) is 10.9. The molecule has 2 heterocycles. The van der Waals surface area contributed by atoms with Gasteiger partial charge in [-0.2, -0.15) is 5.11 Å².